The Bertz CT molecular complexity index is 358. The second-order valence-corrected chi connectivity index (χ2v) is 16.3. The Kier molecular flexibility index (Phi) is 3.99. The summed E-state index contributed by atoms with van der Waals surface area (Å²) < 4.78 is 0.401. The van der Waals surface area contributed by atoms with Crippen molar-refractivity contribution in [3.63, 3.8) is 0 Å². The van der Waals surface area contributed by atoms with Crippen molar-refractivity contribution in [1.29, 1.82) is 0 Å². The normalized spacial score (nSPS) is 19.1. The molecule has 0 saturated carbocycles. The first kappa shape index (κ1) is 11.8. The maximum atomic E-state index is 11.5. The summed E-state index contributed by atoms with van der Waals surface area (Å²) in [7, 11) is 0. The van der Waals surface area contributed by atoms with Crippen LogP contribution in [-0.2, 0) is 4.84 Å². The van der Waals surface area contributed by atoms with Gasteiger partial charge in [0.1, 0.15) is 0 Å². The molecule has 6 radical (unpaired) electrons. The van der Waals surface area contributed by atoms with E-state index >= 15 is 0 Å². The molecule has 1 aromatic rings. The maximum absolute atomic E-state index is 11.5. The van der Waals surface area contributed by atoms with Crippen LogP contribution in [-0.4, -0.2) is 63.8 Å². The van der Waals surface area contributed by atoms with Crippen LogP contribution in [0, 0.1) is 0 Å². The summed E-state index contributed by atoms with van der Waals surface area (Å²) in [6.45, 7) is 0. The molecule has 1 heterocycles. The van der Waals surface area contributed by atoms with E-state index in [-0.39, 0.29) is 12.3 Å². The fourth-order valence-electron chi connectivity index (χ4n) is 1.24. The van der Waals surface area contributed by atoms with Gasteiger partial charge in [-0.1, -0.05) is 0 Å². The quantitative estimate of drug-likeness (QED) is 0.397. The molecule has 6 heteroatoms. The molecule has 2 amide bonds. The minimum absolute atomic E-state index is 0.112. The summed E-state index contributed by atoms with van der Waals surface area (Å²) in [5, 5.41) is 4.28. The molecule has 0 aromatic heterocycles. The summed E-state index contributed by atoms with van der Waals surface area (Å²) in [4.78, 5) is 16.8. The molecule has 1 fully saturated rings. The molecule has 1 aliphatic heterocycles. The molecule has 0 aliphatic carbocycles. The zero-order chi connectivity index (χ0) is 10.8. The number of hydroxylamine groups is 2. The second-order valence-electron chi connectivity index (χ2n) is 3.08. The molecule has 15 heavy (non-hydrogen) atoms. The molecule has 1 atom stereocenters. The Hall–Kier alpha value is 0.294. The van der Waals surface area contributed by atoms with Crippen molar-refractivity contribution in [3.8, 4) is 0 Å². The van der Waals surface area contributed by atoms with E-state index in [4.69, 9.17) is 4.84 Å². The van der Waals surface area contributed by atoms with Crippen LogP contribution >= 0.6 is 0 Å². The summed E-state index contributed by atoms with van der Waals surface area (Å²) in [5.74, 6) is 0. The van der Waals surface area contributed by atoms with Crippen molar-refractivity contribution in [1.82, 2.24) is 10.4 Å². The number of carbonyl (C=O) groups excluding carboxylic acids is 1. The van der Waals surface area contributed by atoms with Gasteiger partial charge in [0.25, 0.3) is 0 Å². The van der Waals surface area contributed by atoms with Gasteiger partial charge >= 0.3 is 121 Å². The van der Waals surface area contributed by atoms with Crippen LogP contribution in [0.2, 0.25) is 0 Å². The van der Waals surface area contributed by atoms with Gasteiger partial charge in [0.15, 0.2) is 0 Å². The van der Waals surface area contributed by atoms with Gasteiger partial charge in [0.2, 0.25) is 0 Å². The van der Waals surface area contributed by atoms with Gasteiger partial charge in [0.05, 0.1) is 0 Å². The number of benzene rings is 1. The van der Waals surface area contributed by atoms with Crippen LogP contribution in [0.3, 0.4) is 0 Å². The summed E-state index contributed by atoms with van der Waals surface area (Å²) in [6, 6.07) is 9.62. The first-order valence-corrected chi connectivity index (χ1v) is 8.91. The van der Waals surface area contributed by atoms with E-state index in [1.54, 1.807) is 0 Å². The average Bonchev–Trinajstić information content (AvgIpc) is 2.97. The SMILES string of the molecule is O=C(N[CH]([Pb])[Pb])N1OC1c1ccccc1. The summed E-state index contributed by atoms with van der Waals surface area (Å²) in [6.07, 6.45) is -0.187. The molecule has 0 spiro atoms. The van der Waals surface area contributed by atoms with Crippen molar-refractivity contribution in [3.05, 3.63) is 35.9 Å². The van der Waals surface area contributed by atoms with E-state index in [0.29, 0.717) is 1.16 Å². The van der Waals surface area contributed by atoms with Gasteiger partial charge in [-0.2, -0.15) is 0 Å². The molecule has 4 nitrogen and oxygen atoms in total. The van der Waals surface area contributed by atoms with Crippen LogP contribution < -0.4 is 5.32 Å². The van der Waals surface area contributed by atoms with E-state index in [9.17, 15) is 4.79 Å². The first-order valence-electron chi connectivity index (χ1n) is 4.42. The van der Waals surface area contributed by atoms with Crippen LogP contribution in [0.15, 0.2) is 30.3 Å². The van der Waals surface area contributed by atoms with Crippen molar-refractivity contribution in [2.24, 2.45) is 0 Å². The minimum atomic E-state index is -0.187. The number of carbonyl (C=O) groups is 1. The van der Waals surface area contributed by atoms with Gasteiger partial charge in [-0.25, -0.2) is 0 Å². The number of hydrogen-bond donors (Lipinski definition) is 1. The molecular formula is C9H8N2O2Pb2. The van der Waals surface area contributed by atoms with Gasteiger partial charge in [-0.05, 0) is 0 Å². The third-order valence-electron chi connectivity index (χ3n) is 1.93. The molecule has 74 valence electrons. The number of rotatable bonds is 2. The van der Waals surface area contributed by atoms with E-state index in [1.165, 1.54) is 5.06 Å². The van der Waals surface area contributed by atoms with Gasteiger partial charge in [0, 0.05) is 0 Å². The van der Waals surface area contributed by atoms with Gasteiger partial charge in [-0.15, -0.1) is 0 Å². The molecule has 1 aromatic carbocycles. The monoisotopic (exact) mass is 592 g/mol. The molecule has 1 unspecified atom stereocenters. The molecule has 1 N–H and O–H groups in total. The Morgan fingerprint density at radius 1 is 1.40 bits per heavy atom. The number of nitrogens with one attached hydrogen (secondary N) is 1. The van der Waals surface area contributed by atoms with Crippen molar-refractivity contribution < 1.29 is 9.63 Å². The Labute approximate surface area is 120 Å². The number of nitrogens with zero attached hydrogens (tertiary/aromatic N) is 1. The second kappa shape index (κ2) is 5.08. The third kappa shape index (κ3) is 3.12. The van der Waals surface area contributed by atoms with E-state index in [1.807, 2.05) is 30.3 Å². The molecule has 1 saturated heterocycles. The predicted molar refractivity (Wildman–Crippen MR) is 55.9 cm³/mol. The predicted octanol–water partition coefficient (Wildman–Crippen LogP) is 0.263. The Morgan fingerprint density at radius 2 is 2.07 bits per heavy atom. The Balaban J connectivity index is 1.94. The fraction of sp³-hybridized carbons (Fsp3) is 0.222. The zero-order valence-electron chi connectivity index (χ0n) is 7.81. The number of amides is 2. The third-order valence-corrected chi connectivity index (χ3v) is 3.06. The number of urea groups is 1. The Morgan fingerprint density at radius 3 is 2.67 bits per heavy atom. The summed E-state index contributed by atoms with van der Waals surface area (Å²) >= 11 is 2.00. The zero-order valence-corrected chi connectivity index (χ0v) is 15.6. The van der Waals surface area contributed by atoms with Crippen molar-refractivity contribution in [2.45, 2.75) is 7.39 Å². The average molecular weight is 591 g/mol. The molecule has 0 bridgehead atoms. The van der Waals surface area contributed by atoms with E-state index in [0.717, 1.165) is 57.1 Å². The molecule has 2 rings (SSSR count). The van der Waals surface area contributed by atoms with Crippen LogP contribution in [0.5, 0.6) is 0 Å². The van der Waals surface area contributed by atoms with Crippen LogP contribution in [0.25, 0.3) is 0 Å². The van der Waals surface area contributed by atoms with Crippen molar-refractivity contribution >= 4 is 57.6 Å². The summed E-state index contributed by atoms with van der Waals surface area (Å²) in [5.41, 5.74) is 1.02. The molecule has 1 aliphatic rings. The number of hydrogen-bond acceptors (Lipinski definition) is 2. The molecular weight excluding hydrogens is 583 g/mol. The topological polar surface area (TPSA) is 44.6 Å². The standard InChI is InChI=1S/C9H8N2O2.2Pb/c1-10-9(12)11-8(13-11)7-5-3-2-4-6-7;;/h1-6,8H,(H,10,12);;. The first-order chi connectivity index (χ1) is 7.18. The van der Waals surface area contributed by atoms with Crippen LogP contribution in [0.4, 0.5) is 4.79 Å². The van der Waals surface area contributed by atoms with Gasteiger partial charge < -0.3 is 0 Å². The van der Waals surface area contributed by atoms with Gasteiger partial charge in [-0.3, -0.25) is 0 Å². The van der Waals surface area contributed by atoms with E-state index in [2.05, 4.69) is 5.32 Å². The van der Waals surface area contributed by atoms with Crippen molar-refractivity contribution in [2.75, 3.05) is 0 Å². The van der Waals surface area contributed by atoms with Crippen LogP contribution in [0.1, 0.15) is 11.8 Å². The fourth-order valence-corrected chi connectivity index (χ4v) is 2.20. The van der Waals surface area contributed by atoms with E-state index < -0.39 is 0 Å².